The molecule has 1 heterocycles. The Balaban J connectivity index is 3.35. The Morgan fingerprint density at radius 3 is 2.62 bits per heavy atom. The summed E-state index contributed by atoms with van der Waals surface area (Å²) in [6.45, 7) is 0. The molecule has 0 aliphatic carbocycles. The van der Waals surface area contributed by atoms with Crippen LogP contribution in [-0.4, -0.2) is 15.8 Å². The van der Waals surface area contributed by atoms with Gasteiger partial charge in [0.05, 0.1) is 10.5 Å². The number of nitrogens with two attached hydrogens (primary N) is 2. The molecule has 7 heteroatoms. The van der Waals surface area contributed by atoms with E-state index in [4.69, 9.17) is 11.5 Å². The minimum Gasteiger partial charge on any atom is -0.392 e. The third-order valence-electron chi connectivity index (χ3n) is 1.43. The maximum atomic E-state index is 10.7. The van der Waals surface area contributed by atoms with Crippen LogP contribution >= 0.6 is 0 Å². The van der Waals surface area contributed by atoms with Gasteiger partial charge in [-0.15, -0.1) is 0 Å². The maximum absolute atomic E-state index is 10.7. The number of carbonyl (C=O) groups is 1. The maximum Gasteiger partial charge on any atom is 0.311 e. The first-order chi connectivity index (χ1) is 6.04. The standard InChI is InChI=1S/C6H6N4O3/c7-5-3(6(8)11)1-9-2-4(5)10(12)13/h1-2H,(H2,7,9)(H2,8,11). The summed E-state index contributed by atoms with van der Waals surface area (Å²) >= 11 is 0. The SMILES string of the molecule is NC(=O)c1cncc([N+](=O)[O-])c1N. The number of rotatable bonds is 2. The van der Waals surface area contributed by atoms with Crippen molar-refractivity contribution in [2.75, 3.05) is 5.73 Å². The molecule has 7 nitrogen and oxygen atoms in total. The van der Waals surface area contributed by atoms with E-state index in [0.29, 0.717) is 0 Å². The van der Waals surface area contributed by atoms with E-state index in [2.05, 4.69) is 4.98 Å². The zero-order chi connectivity index (χ0) is 10.0. The van der Waals surface area contributed by atoms with Crippen LogP contribution in [0, 0.1) is 10.1 Å². The summed E-state index contributed by atoms with van der Waals surface area (Å²) in [6.07, 6.45) is 2.05. The lowest BCUT2D eigenvalue weighted by Crippen LogP contribution is -2.14. The molecular formula is C6H6N4O3. The zero-order valence-electron chi connectivity index (χ0n) is 6.43. The van der Waals surface area contributed by atoms with E-state index in [1.165, 1.54) is 0 Å². The van der Waals surface area contributed by atoms with Crippen molar-refractivity contribution in [3.05, 3.63) is 28.1 Å². The van der Waals surface area contributed by atoms with Crippen molar-refractivity contribution in [2.45, 2.75) is 0 Å². The Labute approximate surface area is 72.5 Å². The highest BCUT2D eigenvalue weighted by molar-refractivity contribution is 5.99. The van der Waals surface area contributed by atoms with Crippen LogP contribution in [0.1, 0.15) is 10.4 Å². The van der Waals surface area contributed by atoms with Gasteiger partial charge in [0, 0.05) is 6.20 Å². The molecule has 1 rings (SSSR count). The van der Waals surface area contributed by atoms with E-state index in [0.717, 1.165) is 12.4 Å². The van der Waals surface area contributed by atoms with Gasteiger partial charge in [-0.2, -0.15) is 0 Å². The number of pyridine rings is 1. The van der Waals surface area contributed by atoms with Gasteiger partial charge in [0.1, 0.15) is 11.9 Å². The summed E-state index contributed by atoms with van der Waals surface area (Å²) in [4.78, 5) is 23.7. The van der Waals surface area contributed by atoms with E-state index in [1.54, 1.807) is 0 Å². The molecular weight excluding hydrogens is 176 g/mol. The van der Waals surface area contributed by atoms with Gasteiger partial charge in [-0.3, -0.25) is 19.9 Å². The number of carbonyl (C=O) groups excluding carboxylic acids is 1. The molecule has 0 unspecified atom stereocenters. The Morgan fingerprint density at radius 1 is 1.54 bits per heavy atom. The fourth-order valence-corrected chi connectivity index (χ4v) is 0.801. The first-order valence-corrected chi connectivity index (χ1v) is 3.21. The Kier molecular flexibility index (Phi) is 2.09. The van der Waals surface area contributed by atoms with Gasteiger partial charge in [-0.1, -0.05) is 0 Å². The summed E-state index contributed by atoms with van der Waals surface area (Å²) in [7, 11) is 0. The average molecular weight is 182 g/mol. The highest BCUT2D eigenvalue weighted by atomic mass is 16.6. The summed E-state index contributed by atoms with van der Waals surface area (Å²) in [5.41, 5.74) is 9.38. The van der Waals surface area contributed by atoms with E-state index in [1.807, 2.05) is 0 Å². The van der Waals surface area contributed by atoms with Gasteiger partial charge in [0.2, 0.25) is 0 Å². The lowest BCUT2D eigenvalue weighted by Gasteiger charge is -1.99. The normalized spacial score (nSPS) is 9.54. The Bertz CT molecular complexity index is 344. The monoisotopic (exact) mass is 182 g/mol. The molecule has 1 aromatic rings. The van der Waals surface area contributed by atoms with Crippen molar-refractivity contribution in [1.82, 2.24) is 4.98 Å². The number of hydrogen-bond donors (Lipinski definition) is 2. The van der Waals surface area contributed by atoms with E-state index >= 15 is 0 Å². The number of hydrogen-bond acceptors (Lipinski definition) is 5. The van der Waals surface area contributed by atoms with E-state index in [9.17, 15) is 14.9 Å². The number of nitro groups is 1. The smallest absolute Gasteiger partial charge is 0.311 e. The van der Waals surface area contributed by atoms with Crippen LogP contribution in [-0.2, 0) is 0 Å². The van der Waals surface area contributed by atoms with Gasteiger partial charge < -0.3 is 11.5 Å². The lowest BCUT2D eigenvalue weighted by atomic mass is 10.2. The fourth-order valence-electron chi connectivity index (χ4n) is 0.801. The third-order valence-corrected chi connectivity index (χ3v) is 1.43. The summed E-state index contributed by atoms with van der Waals surface area (Å²) in [6, 6.07) is 0. The quantitative estimate of drug-likeness (QED) is 0.478. The number of nitrogen functional groups attached to an aromatic ring is 1. The van der Waals surface area contributed by atoms with Crippen molar-refractivity contribution in [3.8, 4) is 0 Å². The Hall–Kier alpha value is -2.18. The number of anilines is 1. The molecule has 0 aliphatic rings. The molecule has 4 N–H and O–H groups in total. The largest absolute Gasteiger partial charge is 0.392 e. The second kappa shape index (κ2) is 3.05. The van der Waals surface area contributed by atoms with Gasteiger partial charge in [-0.25, -0.2) is 0 Å². The first kappa shape index (κ1) is 8.91. The number of primary amides is 1. The van der Waals surface area contributed by atoms with Crippen LogP contribution in [0.25, 0.3) is 0 Å². The predicted molar refractivity (Wildman–Crippen MR) is 43.8 cm³/mol. The van der Waals surface area contributed by atoms with E-state index in [-0.39, 0.29) is 11.3 Å². The first-order valence-electron chi connectivity index (χ1n) is 3.21. The third kappa shape index (κ3) is 1.53. The predicted octanol–water partition coefficient (Wildman–Crippen LogP) is -0.329. The summed E-state index contributed by atoms with van der Waals surface area (Å²) in [5, 5.41) is 10.3. The number of amides is 1. The van der Waals surface area contributed by atoms with Crippen molar-refractivity contribution >= 4 is 17.3 Å². The van der Waals surface area contributed by atoms with E-state index < -0.39 is 16.5 Å². The molecule has 0 saturated carbocycles. The molecule has 0 aromatic carbocycles. The molecule has 0 spiro atoms. The zero-order valence-corrected chi connectivity index (χ0v) is 6.43. The van der Waals surface area contributed by atoms with Crippen LogP contribution in [0.2, 0.25) is 0 Å². The van der Waals surface area contributed by atoms with Crippen LogP contribution < -0.4 is 11.5 Å². The molecule has 0 saturated heterocycles. The minimum atomic E-state index is -0.839. The van der Waals surface area contributed by atoms with Crippen molar-refractivity contribution in [1.29, 1.82) is 0 Å². The highest BCUT2D eigenvalue weighted by Gasteiger charge is 2.17. The fraction of sp³-hybridized carbons (Fsp3) is 0. The van der Waals surface area contributed by atoms with Gasteiger partial charge >= 0.3 is 5.69 Å². The number of aromatic nitrogens is 1. The molecule has 0 aliphatic heterocycles. The second-order valence-electron chi connectivity index (χ2n) is 2.24. The molecule has 0 atom stereocenters. The summed E-state index contributed by atoms with van der Waals surface area (Å²) < 4.78 is 0. The molecule has 13 heavy (non-hydrogen) atoms. The lowest BCUT2D eigenvalue weighted by molar-refractivity contribution is -0.384. The minimum absolute atomic E-state index is 0.144. The van der Waals surface area contributed by atoms with Crippen molar-refractivity contribution in [3.63, 3.8) is 0 Å². The topological polar surface area (TPSA) is 125 Å². The molecule has 1 aromatic heterocycles. The van der Waals surface area contributed by atoms with Crippen LogP contribution in [0.15, 0.2) is 12.4 Å². The molecule has 1 amide bonds. The van der Waals surface area contributed by atoms with Gasteiger partial charge in [0.15, 0.2) is 0 Å². The number of nitrogens with zero attached hydrogens (tertiary/aromatic N) is 2. The van der Waals surface area contributed by atoms with Crippen molar-refractivity contribution < 1.29 is 9.72 Å². The van der Waals surface area contributed by atoms with Crippen LogP contribution in [0.3, 0.4) is 0 Å². The van der Waals surface area contributed by atoms with Crippen molar-refractivity contribution in [2.24, 2.45) is 5.73 Å². The molecule has 0 radical (unpaired) electrons. The molecule has 0 bridgehead atoms. The average Bonchev–Trinajstić information content (AvgIpc) is 2.03. The van der Waals surface area contributed by atoms with Crippen LogP contribution in [0.4, 0.5) is 11.4 Å². The Morgan fingerprint density at radius 2 is 2.15 bits per heavy atom. The highest BCUT2D eigenvalue weighted by Crippen LogP contribution is 2.22. The second-order valence-corrected chi connectivity index (χ2v) is 2.24. The summed E-state index contributed by atoms with van der Waals surface area (Å²) in [5.74, 6) is -0.839. The van der Waals surface area contributed by atoms with Crippen LogP contribution in [0.5, 0.6) is 0 Å². The van der Waals surface area contributed by atoms with Gasteiger partial charge in [0.25, 0.3) is 5.91 Å². The van der Waals surface area contributed by atoms with Gasteiger partial charge in [-0.05, 0) is 0 Å². The molecule has 68 valence electrons. The molecule has 0 fully saturated rings.